The molecule has 0 saturated heterocycles. The first-order valence-electron chi connectivity index (χ1n) is 11.4. The third-order valence-corrected chi connectivity index (χ3v) is 7.29. The van der Waals surface area contributed by atoms with Gasteiger partial charge in [-0.15, -0.1) is 0 Å². The van der Waals surface area contributed by atoms with E-state index < -0.39 is 0 Å². The summed E-state index contributed by atoms with van der Waals surface area (Å²) in [6, 6.07) is 7.33. The summed E-state index contributed by atoms with van der Waals surface area (Å²) in [5.41, 5.74) is 4.12. The van der Waals surface area contributed by atoms with E-state index in [0.29, 0.717) is 56.9 Å². The van der Waals surface area contributed by atoms with Gasteiger partial charge in [-0.1, -0.05) is 29.8 Å². The van der Waals surface area contributed by atoms with E-state index in [1.54, 1.807) is 16.7 Å². The van der Waals surface area contributed by atoms with Gasteiger partial charge in [0.25, 0.3) is 0 Å². The Morgan fingerprint density at radius 3 is 2.22 bits per heavy atom. The van der Waals surface area contributed by atoms with Crippen LogP contribution in [0.1, 0.15) is 13.8 Å². The summed E-state index contributed by atoms with van der Waals surface area (Å²) < 4.78 is 14.1. The van der Waals surface area contributed by atoms with Gasteiger partial charge in [-0.2, -0.15) is 0 Å². The number of anilines is 2. The third kappa shape index (κ3) is 2.75. The number of hydrogen-bond acceptors (Lipinski definition) is 7. The molecule has 2 N–H and O–H groups in total. The molecule has 1 aromatic heterocycles. The molecule has 0 atom stereocenters. The molecule has 4 aromatic rings. The number of halogens is 2. The molecule has 0 bridgehead atoms. The largest absolute Gasteiger partial charge is 0.451 e. The second-order valence-corrected chi connectivity index (χ2v) is 9.33. The van der Waals surface area contributed by atoms with Crippen molar-refractivity contribution < 1.29 is 9.47 Å². The minimum absolute atomic E-state index is 0.199. The van der Waals surface area contributed by atoms with Crippen LogP contribution >= 0.6 is 23.2 Å². The fraction of sp³-hybridized carbons (Fsp3) is 0.160. The number of H-pyrrole nitrogens is 1. The summed E-state index contributed by atoms with van der Waals surface area (Å²) in [6.45, 7) is 9.29. The minimum atomic E-state index is -0.199. The Kier molecular flexibility index (Phi) is 4.32. The highest BCUT2D eigenvalue weighted by Gasteiger charge is 2.30. The van der Waals surface area contributed by atoms with E-state index >= 15 is 0 Å². The maximum absolute atomic E-state index is 12.3. The smallest absolute Gasteiger partial charge is 0.326 e. The van der Waals surface area contributed by atoms with Crippen LogP contribution in [0.2, 0.25) is 10.0 Å². The SMILES string of the molecule is C=C1Nc2cc3c(cc2N1CC)Oc1c(Cl)c2c(c(Cl)c1=N3)Oc1cc3c(cc1N=2)[nH]c(=O)n3CC. The molecule has 0 radical (unpaired) electrons. The van der Waals surface area contributed by atoms with Crippen LogP contribution in [0.5, 0.6) is 23.0 Å². The summed E-state index contributed by atoms with van der Waals surface area (Å²) >= 11 is 13.6. The van der Waals surface area contributed by atoms with Gasteiger partial charge in [-0.05, 0) is 26.0 Å². The van der Waals surface area contributed by atoms with Crippen molar-refractivity contribution in [1.82, 2.24) is 9.55 Å². The lowest BCUT2D eigenvalue weighted by Gasteiger charge is -2.22. The lowest BCUT2D eigenvalue weighted by atomic mass is 10.1. The normalized spacial score (nSPS) is 14.4. The summed E-state index contributed by atoms with van der Waals surface area (Å²) in [5.74, 6) is 2.39. The minimum Gasteiger partial charge on any atom is -0.451 e. The van der Waals surface area contributed by atoms with Crippen molar-refractivity contribution in [2.24, 2.45) is 9.98 Å². The van der Waals surface area contributed by atoms with Crippen molar-refractivity contribution in [3.05, 3.63) is 67.9 Å². The zero-order valence-electron chi connectivity index (χ0n) is 19.2. The van der Waals surface area contributed by atoms with Crippen LogP contribution in [-0.4, -0.2) is 16.1 Å². The number of nitrogens with one attached hydrogen (secondary N) is 2. The molecule has 0 unspecified atom stereocenters. The van der Waals surface area contributed by atoms with Gasteiger partial charge in [0.1, 0.15) is 38.0 Å². The van der Waals surface area contributed by atoms with E-state index in [-0.39, 0.29) is 21.5 Å². The van der Waals surface area contributed by atoms with Crippen molar-refractivity contribution in [1.29, 1.82) is 0 Å². The summed E-state index contributed by atoms with van der Waals surface area (Å²) in [6.07, 6.45) is 0. The fourth-order valence-corrected chi connectivity index (χ4v) is 5.42. The molecule has 0 saturated carbocycles. The topological polar surface area (TPSA) is 96.2 Å². The van der Waals surface area contributed by atoms with Crippen molar-refractivity contribution in [3.8, 4) is 23.0 Å². The van der Waals surface area contributed by atoms with Crippen LogP contribution in [0.4, 0.5) is 22.7 Å². The Morgan fingerprint density at radius 2 is 1.58 bits per heavy atom. The van der Waals surface area contributed by atoms with Crippen LogP contribution in [0.15, 0.2) is 51.4 Å². The Labute approximate surface area is 213 Å². The molecular weight excluding hydrogens is 503 g/mol. The van der Waals surface area contributed by atoms with Gasteiger partial charge in [-0.3, -0.25) is 4.57 Å². The Balaban J connectivity index is 1.43. The predicted molar refractivity (Wildman–Crippen MR) is 139 cm³/mol. The number of ether oxygens (including phenoxy) is 2. The van der Waals surface area contributed by atoms with Crippen LogP contribution in [0.25, 0.3) is 11.0 Å². The Hall–Kier alpha value is -3.95. The zero-order valence-corrected chi connectivity index (χ0v) is 20.7. The highest BCUT2D eigenvalue weighted by atomic mass is 35.5. The third-order valence-electron chi connectivity index (χ3n) is 6.59. The number of rotatable bonds is 2. The summed E-state index contributed by atoms with van der Waals surface area (Å²) in [4.78, 5) is 26.7. The molecular formula is C25H18Cl2N6O3. The second kappa shape index (κ2) is 7.28. The van der Waals surface area contributed by atoms with Crippen molar-refractivity contribution in [2.75, 3.05) is 16.8 Å². The number of aromatic nitrogens is 2. The van der Waals surface area contributed by atoms with Gasteiger partial charge in [-0.25, -0.2) is 14.8 Å². The highest BCUT2D eigenvalue weighted by molar-refractivity contribution is 6.35. The van der Waals surface area contributed by atoms with Gasteiger partial charge in [0.2, 0.25) is 0 Å². The predicted octanol–water partition coefficient (Wildman–Crippen LogP) is 5.49. The molecule has 7 rings (SSSR count). The number of aromatic amines is 1. The van der Waals surface area contributed by atoms with Crippen molar-refractivity contribution in [2.45, 2.75) is 20.4 Å². The number of nitrogens with zero attached hydrogens (tertiary/aromatic N) is 4. The standard InChI is InChI=1S/C25H18Cl2N6O3/c1-4-32-10(3)28-11-6-13-17(8-15(11)32)35-23-20(27)22-24(19(26)21(23)29-13)36-18-9-16-12(7-14(18)30-22)31-25(34)33(16)5-2/h6-9,28H,3-5H2,1-2H3,(H,31,34). The maximum atomic E-state index is 12.3. The van der Waals surface area contributed by atoms with Crippen LogP contribution in [-0.2, 0) is 6.54 Å². The van der Waals surface area contributed by atoms with E-state index in [0.717, 1.165) is 23.7 Å². The average molecular weight is 521 g/mol. The van der Waals surface area contributed by atoms with E-state index in [4.69, 9.17) is 42.7 Å². The zero-order chi connectivity index (χ0) is 24.9. The summed E-state index contributed by atoms with van der Waals surface area (Å²) in [5, 5.41) is 4.45. The highest BCUT2D eigenvalue weighted by Crippen LogP contribution is 2.48. The molecule has 3 aliphatic heterocycles. The first-order valence-corrected chi connectivity index (χ1v) is 12.2. The van der Waals surface area contributed by atoms with Crippen molar-refractivity contribution >= 4 is 57.0 Å². The van der Waals surface area contributed by atoms with Gasteiger partial charge in [0.05, 0.1) is 22.4 Å². The van der Waals surface area contributed by atoms with E-state index in [9.17, 15) is 4.79 Å². The first kappa shape index (κ1) is 21.3. The van der Waals surface area contributed by atoms with E-state index in [1.807, 2.05) is 30.9 Å². The summed E-state index contributed by atoms with van der Waals surface area (Å²) in [7, 11) is 0. The maximum Gasteiger partial charge on any atom is 0.326 e. The van der Waals surface area contributed by atoms with E-state index in [1.165, 1.54) is 0 Å². The lowest BCUT2D eigenvalue weighted by molar-refractivity contribution is 0.451. The van der Waals surface area contributed by atoms with Crippen LogP contribution in [0.3, 0.4) is 0 Å². The molecule has 9 nitrogen and oxygen atoms in total. The van der Waals surface area contributed by atoms with Crippen LogP contribution in [0, 0.1) is 0 Å². The number of benzene rings is 3. The van der Waals surface area contributed by atoms with Gasteiger partial charge in [0, 0.05) is 25.2 Å². The molecule has 0 spiro atoms. The van der Waals surface area contributed by atoms with Gasteiger partial charge < -0.3 is 24.7 Å². The number of imidazole rings is 1. The molecule has 180 valence electrons. The Bertz CT molecular complexity index is 1870. The molecule has 11 heteroatoms. The lowest BCUT2D eigenvalue weighted by Crippen LogP contribution is -2.22. The van der Waals surface area contributed by atoms with Gasteiger partial charge in [0.15, 0.2) is 23.0 Å². The monoisotopic (exact) mass is 520 g/mol. The molecule has 3 aromatic carbocycles. The fourth-order valence-electron chi connectivity index (χ4n) is 4.91. The number of hydrogen-bond donors (Lipinski definition) is 2. The molecule has 36 heavy (non-hydrogen) atoms. The molecule has 0 aliphatic carbocycles. The quantitative estimate of drug-likeness (QED) is 0.314. The molecule has 0 fully saturated rings. The molecule has 4 heterocycles. The van der Waals surface area contributed by atoms with Crippen molar-refractivity contribution in [3.63, 3.8) is 0 Å². The number of aryl methyl sites for hydroxylation is 1. The Morgan fingerprint density at radius 1 is 0.944 bits per heavy atom. The molecule has 3 aliphatic rings. The molecule has 0 amide bonds. The first-order chi connectivity index (χ1) is 17.4. The average Bonchev–Trinajstić information content (AvgIpc) is 3.35. The second-order valence-electron chi connectivity index (χ2n) is 8.58. The van der Waals surface area contributed by atoms with E-state index in [2.05, 4.69) is 16.9 Å². The number of fused-ring (bicyclic) bond motifs is 6. The van der Waals surface area contributed by atoms with Gasteiger partial charge >= 0.3 is 5.69 Å². The van der Waals surface area contributed by atoms with Crippen LogP contribution < -0.4 is 36.1 Å².